The van der Waals surface area contributed by atoms with Gasteiger partial charge in [-0.3, -0.25) is 25.2 Å². The lowest BCUT2D eigenvalue weighted by Crippen LogP contribution is -2.47. The first kappa shape index (κ1) is 19.1. The number of hydrazine groups is 1. The minimum Gasteiger partial charge on any atom is -0.378 e. The molecule has 1 aliphatic heterocycles. The van der Waals surface area contributed by atoms with Crippen molar-refractivity contribution in [2.45, 2.75) is 20.3 Å². The molecule has 3 N–H and O–H groups in total. The van der Waals surface area contributed by atoms with Gasteiger partial charge in [0.2, 0.25) is 5.91 Å². The number of thiazole rings is 1. The summed E-state index contributed by atoms with van der Waals surface area (Å²) in [7, 11) is 0. The maximum absolute atomic E-state index is 12.0. The second-order valence-corrected chi connectivity index (χ2v) is 6.48. The van der Waals surface area contributed by atoms with Crippen LogP contribution in [0.25, 0.3) is 0 Å². The molecule has 2 heterocycles. The fraction of sp³-hybridized carbons (Fsp3) is 0.600. The average Bonchev–Trinajstić information content (AvgIpc) is 3.14. The number of aromatic nitrogens is 1. The summed E-state index contributed by atoms with van der Waals surface area (Å²) in [6, 6.07) is 0. The molecule has 1 saturated heterocycles. The zero-order chi connectivity index (χ0) is 18.2. The molecule has 10 heteroatoms. The Morgan fingerprint density at radius 3 is 2.72 bits per heavy atom. The fourth-order valence-electron chi connectivity index (χ4n) is 2.03. The Bertz CT molecular complexity index is 615. The Hall–Kier alpha value is -2.20. The number of amides is 3. The van der Waals surface area contributed by atoms with E-state index < -0.39 is 11.8 Å². The second kappa shape index (κ2) is 9.33. The Kier molecular flexibility index (Phi) is 7.14. The summed E-state index contributed by atoms with van der Waals surface area (Å²) in [5.74, 6) is -1.36. The predicted octanol–water partition coefficient (Wildman–Crippen LogP) is -0.0970. The minimum absolute atomic E-state index is 0.156. The van der Waals surface area contributed by atoms with Gasteiger partial charge in [0.15, 0.2) is 5.13 Å². The summed E-state index contributed by atoms with van der Waals surface area (Å²) in [4.78, 5) is 41.6. The Morgan fingerprint density at radius 2 is 2.04 bits per heavy atom. The summed E-state index contributed by atoms with van der Waals surface area (Å²) in [5, 5.41) is 4.90. The summed E-state index contributed by atoms with van der Waals surface area (Å²) >= 11 is 1.37. The van der Waals surface area contributed by atoms with E-state index in [1.54, 1.807) is 12.3 Å². The van der Waals surface area contributed by atoms with Gasteiger partial charge in [0.25, 0.3) is 11.8 Å². The summed E-state index contributed by atoms with van der Waals surface area (Å²) in [6.45, 7) is 6.23. The van der Waals surface area contributed by atoms with E-state index in [-0.39, 0.29) is 24.1 Å². The van der Waals surface area contributed by atoms with E-state index in [0.29, 0.717) is 19.6 Å². The molecule has 2 rings (SSSR count). The van der Waals surface area contributed by atoms with Crippen LogP contribution >= 0.6 is 11.3 Å². The number of carbonyl (C=O) groups excluding carboxylic acids is 3. The topological polar surface area (TPSA) is 113 Å². The number of nitrogens with one attached hydrogen (secondary N) is 3. The molecule has 0 bridgehead atoms. The van der Waals surface area contributed by atoms with Gasteiger partial charge in [0, 0.05) is 24.4 Å². The molecular weight excluding hydrogens is 346 g/mol. The van der Waals surface area contributed by atoms with Crippen molar-refractivity contribution in [2.75, 3.05) is 37.7 Å². The van der Waals surface area contributed by atoms with Gasteiger partial charge in [-0.15, -0.1) is 11.3 Å². The van der Waals surface area contributed by atoms with Crippen molar-refractivity contribution < 1.29 is 19.1 Å². The van der Waals surface area contributed by atoms with E-state index in [1.807, 2.05) is 11.8 Å². The minimum atomic E-state index is -0.506. The lowest BCUT2D eigenvalue weighted by atomic mass is 10.1. The van der Waals surface area contributed by atoms with Crippen molar-refractivity contribution in [3.63, 3.8) is 0 Å². The number of morpholine rings is 1. The molecule has 1 aromatic rings. The molecule has 1 atom stereocenters. The van der Waals surface area contributed by atoms with E-state index >= 15 is 0 Å². The van der Waals surface area contributed by atoms with Crippen LogP contribution in [-0.2, 0) is 14.3 Å². The number of rotatable bonds is 6. The molecule has 0 aliphatic carbocycles. The molecular formula is C15H23N5O4S. The second-order valence-electron chi connectivity index (χ2n) is 5.64. The van der Waals surface area contributed by atoms with Crippen molar-refractivity contribution >= 4 is 34.2 Å². The highest BCUT2D eigenvalue weighted by Gasteiger charge is 2.18. The smallest absolute Gasteiger partial charge is 0.289 e. The van der Waals surface area contributed by atoms with E-state index in [4.69, 9.17) is 4.74 Å². The van der Waals surface area contributed by atoms with E-state index in [2.05, 4.69) is 21.2 Å². The van der Waals surface area contributed by atoms with Crippen LogP contribution in [0.1, 0.15) is 30.8 Å². The highest BCUT2D eigenvalue weighted by molar-refractivity contribution is 7.13. The molecule has 1 aliphatic rings. The number of anilines is 1. The first-order chi connectivity index (χ1) is 12.0. The summed E-state index contributed by atoms with van der Waals surface area (Å²) in [6.07, 6.45) is 0.694. The molecule has 3 amide bonds. The number of nitrogens with zero attached hydrogens (tertiary/aromatic N) is 2. The van der Waals surface area contributed by atoms with Crippen LogP contribution in [-0.4, -0.2) is 55.6 Å². The normalized spacial score (nSPS) is 15.4. The van der Waals surface area contributed by atoms with Crippen LogP contribution in [0.3, 0.4) is 0 Å². The van der Waals surface area contributed by atoms with Crippen LogP contribution in [0.5, 0.6) is 0 Å². The molecule has 1 fully saturated rings. The summed E-state index contributed by atoms with van der Waals surface area (Å²) < 4.78 is 5.28. The molecule has 25 heavy (non-hydrogen) atoms. The summed E-state index contributed by atoms with van der Waals surface area (Å²) in [5.41, 5.74) is 4.78. The van der Waals surface area contributed by atoms with Crippen molar-refractivity contribution in [2.24, 2.45) is 5.92 Å². The third kappa shape index (κ3) is 5.68. The zero-order valence-corrected chi connectivity index (χ0v) is 15.1. The van der Waals surface area contributed by atoms with Crippen LogP contribution < -0.4 is 21.1 Å². The maximum atomic E-state index is 12.0. The molecule has 0 saturated carbocycles. The largest absolute Gasteiger partial charge is 0.378 e. The van der Waals surface area contributed by atoms with Crippen molar-refractivity contribution in [1.29, 1.82) is 0 Å². The van der Waals surface area contributed by atoms with Gasteiger partial charge in [-0.2, -0.15) is 0 Å². The molecule has 9 nitrogen and oxygen atoms in total. The Morgan fingerprint density at radius 1 is 1.32 bits per heavy atom. The monoisotopic (exact) mass is 369 g/mol. The number of ether oxygens (including phenoxy) is 1. The lowest BCUT2D eigenvalue weighted by molar-refractivity contribution is -0.128. The van der Waals surface area contributed by atoms with Gasteiger partial charge in [0.05, 0.1) is 19.8 Å². The van der Waals surface area contributed by atoms with Crippen LogP contribution in [0.2, 0.25) is 0 Å². The highest BCUT2D eigenvalue weighted by Crippen LogP contribution is 2.21. The van der Waals surface area contributed by atoms with E-state index in [1.165, 1.54) is 11.3 Å². The number of hydrogen-bond donors (Lipinski definition) is 3. The first-order valence-electron chi connectivity index (χ1n) is 8.16. The van der Waals surface area contributed by atoms with Crippen molar-refractivity contribution in [3.8, 4) is 0 Å². The molecule has 1 unspecified atom stereocenters. The van der Waals surface area contributed by atoms with Gasteiger partial charge >= 0.3 is 0 Å². The van der Waals surface area contributed by atoms with Gasteiger partial charge in [-0.1, -0.05) is 13.8 Å². The standard InChI is InChI=1S/C15H23N5O4S/c1-3-10(2)13(22)16-8-12(21)18-19-14(23)11-9-25-15(17-11)20-4-6-24-7-5-20/h9-10H,3-8H2,1-2H3,(H,16,22)(H,18,21)(H,19,23). The SMILES string of the molecule is CCC(C)C(=O)NCC(=O)NNC(=O)c1csc(N2CCOCC2)n1. The lowest BCUT2D eigenvalue weighted by Gasteiger charge is -2.25. The van der Waals surface area contributed by atoms with Crippen LogP contribution in [0.15, 0.2) is 5.38 Å². The third-order valence-electron chi connectivity index (χ3n) is 3.80. The Balaban J connectivity index is 1.75. The maximum Gasteiger partial charge on any atom is 0.289 e. The predicted molar refractivity (Wildman–Crippen MR) is 93.2 cm³/mol. The molecule has 1 aromatic heterocycles. The van der Waals surface area contributed by atoms with E-state index in [9.17, 15) is 14.4 Å². The van der Waals surface area contributed by atoms with Crippen molar-refractivity contribution in [3.05, 3.63) is 11.1 Å². The van der Waals surface area contributed by atoms with Gasteiger partial charge < -0.3 is 15.0 Å². The zero-order valence-electron chi connectivity index (χ0n) is 14.3. The number of carbonyl (C=O) groups is 3. The average molecular weight is 369 g/mol. The van der Waals surface area contributed by atoms with Gasteiger partial charge in [0.1, 0.15) is 5.69 Å². The molecule has 0 aromatic carbocycles. The molecule has 138 valence electrons. The highest BCUT2D eigenvalue weighted by atomic mass is 32.1. The molecule has 0 radical (unpaired) electrons. The van der Waals surface area contributed by atoms with Crippen molar-refractivity contribution in [1.82, 2.24) is 21.2 Å². The first-order valence-corrected chi connectivity index (χ1v) is 9.04. The van der Waals surface area contributed by atoms with Crippen LogP contribution in [0.4, 0.5) is 5.13 Å². The Labute approximate surface area is 150 Å². The van der Waals surface area contributed by atoms with Gasteiger partial charge in [-0.05, 0) is 6.42 Å². The fourth-order valence-corrected chi connectivity index (χ4v) is 2.89. The quantitative estimate of drug-likeness (QED) is 0.604. The van der Waals surface area contributed by atoms with Gasteiger partial charge in [-0.25, -0.2) is 4.98 Å². The third-order valence-corrected chi connectivity index (χ3v) is 4.71. The number of hydrogen-bond acceptors (Lipinski definition) is 7. The molecule has 0 spiro atoms. The van der Waals surface area contributed by atoms with Crippen LogP contribution in [0, 0.1) is 5.92 Å². The van der Waals surface area contributed by atoms with E-state index in [0.717, 1.165) is 18.2 Å².